The molecule has 0 fully saturated rings. The first-order valence-electron chi connectivity index (χ1n) is 4.30. The molecule has 3 heteroatoms. The second kappa shape index (κ2) is 2.98. The topological polar surface area (TPSA) is 9.23 Å². The van der Waals surface area contributed by atoms with Gasteiger partial charge in [-0.2, -0.15) is 0 Å². The number of ether oxygens (including phenoxy) is 1. The SMILES string of the molecule is C[C@H]1CCOc2cc(F)c(F)cc21. The molecule has 1 atom stereocenters. The summed E-state index contributed by atoms with van der Waals surface area (Å²) in [7, 11) is 0. The molecule has 2 rings (SSSR count). The van der Waals surface area contributed by atoms with Crippen molar-refractivity contribution >= 4 is 0 Å². The maximum Gasteiger partial charge on any atom is 0.162 e. The first-order chi connectivity index (χ1) is 6.18. The monoisotopic (exact) mass is 184 g/mol. The lowest BCUT2D eigenvalue weighted by Gasteiger charge is -2.22. The Labute approximate surface area is 75.3 Å². The highest BCUT2D eigenvalue weighted by Crippen LogP contribution is 2.34. The van der Waals surface area contributed by atoms with Crippen LogP contribution in [0.3, 0.4) is 0 Å². The van der Waals surface area contributed by atoms with Crippen LogP contribution in [0.5, 0.6) is 5.75 Å². The molecule has 1 heterocycles. The highest BCUT2D eigenvalue weighted by Gasteiger charge is 2.20. The number of hydrogen-bond donors (Lipinski definition) is 0. The molecule has 0 saturated heterocycles. The van der Waals surface area contributed by atoms with Crippen LogP contribution in [0, 0.1) is 11.6 Å². The maximum atomic E-state index is 12.8. The Morgan fingerprint density at radius 3 is 2.77 bits per heavy atom. The molecule has 0 aromatic heterocycles. The summed E-state index contributed by atoms with van der Waals surface area (Å²) in [5.74, 6) is -0.902. The average molecular weight is 184 g/mol. The van der Waals surface area contributed by atoms with Crippen molar-refractivity contribution in [1.82, 2.24) is 0 Å². The number of fused-ring (bicyclic) bond motifs is 1. The van der Waals surface area contributed by atoms with Crippen LogP contribution in [0.15, 0.2) is 12.1 Å². The van der Waals surface area contributed by atoms with Gasteiger partial charge in [0.25, 0.3) is 0 Å². The molecule has 1 aromatic rings. The molecule has 0 radical (unpaired) electrons. The van der Waals surface area contributed by atoms with E-state index in [4.69, 9.17) is 4.74 Å². The molecule has 1 aliphatic rings. The van der Waals surface area contributed by atoms with Crippen molar-refractivity contribution in [2.24, 2.45) is 0 Å². The molecule has 13 heavy (non-hydrogen) atoms. The number of benzene rings is 1. The predicted octanol–water partition coefficient (Wildman–Crippen LogP) is 2.85. The van der Waals surface area contributed by atoms with Gasteiger partial charge in [-0.25, -0.2) is 8.78 Å². The Hall–Kier alpha value is -1.12. The minimum absolute atomic E-state index is 0.249. The molecule has 0 N–H and O–H groups in total. The van der Waals surface area contributed by atoms with E-state index in [0.29, 0.717) is 12.4 Å². The zero-order valence-electron chi connectivity index (χ0n) is 7.31. The number of halogens is 2. The summed E-state index contributed by atoms with van der Waals surface area (Å²) < 4.78 is 30.9. The lowest BCUT2D eigenvalue weighted by molar-refractivity contribution is 0.269. The van der Waals surface area contributed by atoms with Crippen molar-refractivity contribution in [3.8, 4) is 5.75 Å². The van der Waals surface area contributed by atoms with Gasteiger partial charge >= 0.3 is 0 Å². The first kappa shape index (κ1) is 8.48. The van der Waals surface area contributed by atoms with Crippen LogP contribution >= 0.6 is 0 Å². The molecular formula is C10H10F2O. The summed E-state index contributed by atoms with van der Waals surface area (Å²) in [5.41, 5.74) is 0.769. The third-order valence-electron chi connectivity index (χ3n) is 2.39. The first-order valence-corrected chi connectivity index (χ1v) is 4.30. The zero-order chi connectivity index (χ0) is 9.42. The van der Waals surface area contributed by atoms with Gasteiger partial charge in [0.1, 0.15) is 5.75 Å². The van der Waals surface area contributed by atoms with Crippen LogP contribution in [0.1, 0.15) is 24.8 Å². The quantitative estimate of drug-likeness (QED) is 0.602. The fourth-order valence-corrected chi connectivity index (χ4v) is 1.56. The standard InChI is InChI=1S/C10H10F2O/c1-6-2-3-13-10-5-9(12)8(11)4-7(6)10/h4-6H,2-3H2,1H3/t6-/m0/s1. The van der Waals surface area contributed by atoms with Gasteiger partial charge in [-0.15, -0.1) is 0 Å². The van der Waals surface area contributed by atoms with Crippen LogP contribution in [0.25, 0.3) is 0 Å². The number of hydrogen-bond acceptors (Lipinski definition) is 1. The van der Waals surface area contributed by atoms with E-state index in [9.17, 15) is 8.78 Å². The molecule has 1 nitrogen and oxygen atoms in total. The van der Waals surface area contributed by atoms with Crippen LogP contribution in [-0.4, -0.2) is 6.61 Å². The van der Waals surface area contributed by atoms with Gasteiger partial charge in [0.05, 0.1) is 6.61 Å². The van der Waals surface area contributed by atoms with Gasteiger partial charge in [-0.1, -0.05) is 6.92 Å². The van der Waals surface area contributed by atoms with Crippen molar-refractivity contribution < 1.29 is 13.5 Å². The van der Waals surface area contributed by atoms with Crippen molar-refractivity contribution in [3.05, 3.63) is 29.3 Å². The van der Waals surface area contributed by atoms with E-state index in [1.165, 1.54) is 6.07 Å². The van der Waals surface area contributed by atoms with Gasteiger partial charge in [-0.05, 0) is 18.4 Å². The molecule has 70 valence electrons. The fourth-order valence-electron chi connectivity index (χ4n) is 1.56. The summed E-state index contributed by atoms with van der Waals surface area (Å²) in [4.78, 5) is 0. The summed E-state index contributed by atoms with van der Waals surface area (Å²) in [6.07, 6.45) is 0.859. The second-order valence-electron chi connectivity index (χ2n) is 3.34. The van der Waals surface area contributed by atoms with E-state index < -0.39 is 11.6 Å². The van der Waals surface area contributed by atoms with Crippen molar-refractivity contribution in [1.29, 1.82) is 0 Å². The third kappa shape index (κ3) is 1.39. The van der Waals surface area contributed by atoms with Gasteiger partial charge in [0.2, 0.25) is 0 Å². The Bertz CT molecular complexity index is 336. The van der Waals surface area contributed by atoms with Gasteiger partial charge in [0, 0.05) is 11.6 Å². The van der Waals surface area contributed by atoms with E-state index in [1.807, 2.05) is 6.92 Å². The van der Waals surface area contributed by atoms with Crippen LogP contribution < -0.4 is 4.74 Å². The second-order valence-corrected chi connectivity index (χ2v) is 3.34. The van der Waals surface area contributed by atoms with Crippen LogP contribution in [-0.2, 0) is 0 Å². The molecule has 0 amide bonds. The molecule has 0 saturated carbocycles. The minimum atomic E-state index is -0.840. The van der Waals surface area contributed by atoms with E-state index in [2.05, 4.69) is 0 Å². The molecule has 0 unspecified atom stereocenters. The zero-order valence-corrected chi connectivity index (χ0v) is 7.31. The third-order valence-corrected chi connectivity index (χ3v) is 2.39. The summed E-state index contributed by atoms with van der Waals surface area (Å²) in [5, 5.41) is 0. The molecule has 0 spiro atoms. The van der Waals surface area contributed by atoms with Gasteiger partial charge < -0.3 is 4.74 Å². The van der Waals surface area contributed by atoms with E-state index in [0.717, 1.165) is 18.1 Å². The summed E-state index contributed by atoms with van der Waals surface area (Å²) in [6, 6.07) is 2.36. The average Bonchev–Trinajstić information content (AvgIpc) is 2.09. The molecule has 1 aromatic carbocycles. The fraction of sp³-hybridized carbons (Fsp3) is 0.400. The lowest BCUT2D eigenvalue weighted by Crippen LogP contribution is -2.12. The Morgan fingerprint density at radius 2 is 2.00 bits per heavy atom. The predicted molar refractivity (Wildman–Crippen MR) is 44.9 cm³/mol. The van der Waals surface area contributed by atoms with Crippen molar-refractivity contribution in [3.63, 3.8) is 0 Å². The normalized spacial score (nSPS) is 20.7. The van der Waals surface area contributed by atoms with Crippen molar-refractivity contribution in [2.45, 2.75) is 19.3 Å². The summed E-state index contributed by atoms with van der Waals surface area (Å²) in [6.45, 7) is 2.57. The maximum absolute atomic E-state index is 12.8. The molecule has 0 aliphatic carbocycles. The Morgan fingerprint density at radius 1 is 1.31 bits per heavy atom. The number of rotatable bonds is 0. The largest absolute Gasteiger partial charge is 0.493 e. The van der Waals surface area contributed by atoms with Crippen LogP contribution in [0.2, 0.25) is 0 Å². The van der Waals surface area contributed by atoms with Gasteiger partial charge in [0.15, 0.2) is 11.6 Å². The van der Waals surface area contributed by atoms with Crippen LogP contribution in [0.4, 0.5) is 8.78 Å². The van der Waals surface area contributed by atoms with E-state index in [-0.39, 0.29) is 5.92 Å². The molecular weight excluding hydrogens is 174 g/mol. The van der Waals surface area contributed by atoms with Crippen molar-refractivity contribution in [2.75, 3.05) is 6.61 Å². The van der Waals surface area contributed by atoms with Gasteiger partial charge in [-0.3, -0.25) is 0 Å². The van der Waals surface area contributed by atoms with E-state index >= 15 is 0 Å². The van der Waals surface area contributed by atoms with E-state index in [1.54, 1.807) is 0 Å². The minimum Gasteiger partial charge on any atom is -0.493 e. The smallest absolute Gasteiger partial charge is 0.162 e. The highest BCUT2D eigenvalue weighted by molar-refractivity contribution is 5.38. The summed E-state index contributed by atoms with van der Waals surface area (Å²) >= 11 is 0. The Kier molecular flexibility index (Phi) is 1.94. The molecule has 1 aliphatic heterocycles. The highest BCUT2D eigenvalue weighted by atomic mass is 19.2. The Balaban J connectivity index is 2.52. The lowest BCUT2D eigenvalue weighted by atomic mass is 9.95. The molecule has 0 bridgehead atoms.